The zero-order valence-corrected chi connectivity index (χ0v) is 11.8. The minimum atomic E-state index is -3.37. The highest BCUT2D eigenvalue weighted by molar-refractivity contribution is 7.97. The first kappa shape index (κ1) is 12.6. The first-order valence-electron chi connectivity index (χ1n) is 4.77. The summed E-state index contributed by atoms with van der Waals surface area (Å²) in [7, 11) is -2.06. The molecule has 0 aliphatic rings. The van der Waals surface area contributed by atoms with Gasteiger partial charge in [0.1, 0.15) is 4.61 Å². The van der Waals surface area contributed by atoms with Crippen molar-refractivity contribution in [2.75, 3.05) is 7.11 Å². The molecule has 0 N–H and O–H groups in total. The van der Waals surface area contributed by atoms with Gasteiger partial charge in [-0.2, -0.15) is 0 Å². The third kappa shape index (κ3) is 2.55. The molecule has 0 amide bonds. The molecule has 17 heavy (non-hydrogen) atoms. The van der Waals surface area contributed by atoms with Crippen molar-refractivity contribution in [1.29, 1.82) is 0 Å². The normalized spacial score (nSPS) is 14.5. The number of thiazole rings is 1. The van der Waals surface area contributed by atoms with Crippen LogP contribution < -0.4 is 4.52 Å². The molecule has 0 saturated carbocycles. The van der Waals surface area contributed by atoms with Gasteiger partial charge in [-0.15, -0.1) is 0 Å². The summed E-state index contributed by atoms with van der Waals surface area (Å²) in [5.41, 5.74) is 0.803. The maximum atomic E-state index is 12.1. The molecule has 0 aliphatic carbocycles. The minimum Gasteiger partial charge on any atom is -0.393 e. The third-order valence-corrected chi connectivity index (χ3v) is 5.47. The molecule has 4 nitrogen and oxygen atoms in total. The first-order chi connectivity index (χ1) is 8.05. The van der Waals surface area contributed by atoms with Gasteiger partial charge in [0, 0.05) is 7.11 Å². The maximum absolute atomic E-state index is 12.1. The van der Waals surface area contributed by atoms with Crippen LogP contribution >= 0.6 is 31.2 Å². The summed E-state index contributed by atoms with van der Waals surface area (Å²) in [6, 6.07) is 7.57. The van der Waals surface area contributed by atoms with Crippen LogP contribution in [0.5, 0.6) is 5.19 Å². The number of rotatable bonds is 4. The lowest BCUT2D eigenvalue weighted by molar-refractivity contribution is 0.337. The number of thiocarbonyl (C=S) groups is 1. The van der Waals surface area contributed by atoms with E-state index in [0.29, 0.717) is 5.19 Å². The highest BCUT2D eigenvalue weighted by Gasteiger charge is 2.29. The van der Waals surface area contributed by atoms with Crippen LogP contribution in [0.15, 0.2) is 24.3 Å². The molecule has 0 saturated heterocycles. The van der Waals surface area contributed by atoms with Crippen LogP contribution in [0.4, 0.5) is 0 Å². The molecule has 1 unspecified atom stereocenters. The van der Waals surface area contributed by atoms with Crippen molar-refractivity contribution in [2.45, 2.75) is 6.92 Å². The van der Waals surface area contributed by atoms with Gasteiger partial charge in [-0.25, -0.2) is 9.55 Å². The van der Waals surface area contributed by atoms with Gasteiger partial charge in [0.25, 0.3) is 5.19 Å². The minimum absolute atomic E-state index is 0.194. The van der Waals surface area contributed by atoms with E-state index in [0.717, 1.165) is 10.2 Å². The topological polar surface area (TPSA) is 48.4 Å². The molecule has 90 valence electrons. The van der Waals surface area contributed by atoms with Crippen LogP contribution in [-0.2, 0) is 9.09 Å². The standard InChI is InChI=1S/C10H10NO3PS2/c1-7(16)15(12,13-2)14-10-11-8-5-3-4-6-9(8)17-10/h3-6H,1-2H3. The first-order valence-corrected chi connectivity index (χ1v) is 7.54. The molecule has 1 atom stereocenters. The molecule has 1 aromatic heterocycles. The molecule has 1 heterocycles. The molecule has 0 radical (unpaired) electrons. The Labute approximate surface area is 108 Å². The van der Waals surface area contributed by atoms with Gasteiger partial charge in [-0.05, 0) is 19.1 Å². The summed E-state index contributed by atoms with van der Waals surface area (Å²) in [6.07, 6.45) is 0. The fourth-order valence-corrected chi connectivity index (χ4v) is 3.41. The number of benzene rings is 1. The van der Waals surface area contributed by atoms with E-state index >= 15 is 0 Å². The monoisotopic (exact) mass is 287 g/mol. The molecular formula is C10H10NO3PS2. The van der Waals surface area contributed by atoms with Gasteiger partial charge >= 0.3 is 7.60 Å². The third-order valence-electron chi connectivity index (χ3n) is 2.10. The van der Waals surface area contributed by atoms with Crippen molar-refractivity contribution < 1.29 is 13.6 Å². The smallest absolute Gasteiger partial charge is 0.393 e. The second-order valence-electron chi connectivity index (χ2n) is 3.24. The fourth-order valence-electron chi connectivity index (χ4n) is 1.22. The van der Waals surface area contributed by atoms with Crippen LogP contribution in [0.2, 0.25) is 0 Å². The maximum Gasteiger partial charge on any atom is 0.418 e. The Kier molecular flexibility index (Phi) is 3.58. The number of aromatic nitrogens is 1. The molecule has 0 spiro atoms. The van der Waals surface area contributed by atoms with Crippen molar-refractivity contribution in [3.8, 4) is 5.19 Å². The summed E-state index contributed by atoms with van der Waals surface area (Å²) in [5, 5.41) is 0.306. The Hall–Kier alpha value is -0.810. The second kappa shape index (κ2) is 4.82. The van der Waals surface area contributed by atoms with Crippen molar-refractivity contribution in [3.63, 3.8) is 0 Å². The molecular weight excluding hydrogens is 277 g/mol. The number of hydrogen-bond donors (Lipinski definition) is 0. The van der Waals surface area contributed by atoms with E-state index in [9.17, 15) is 4.57 Å². The number of fused-ring (bicyclic) bond motifs is 1. The van der Waals surface area contributed by atoms with Gasteiger partial charge in [0.05, 0.1) is 10.2 Å². The van der Waals surface area contributed by atoms with Crippen LogP contribution in [0.3, 0.4) is 0 Å². The molecule has 2 aromatic rings. The largest absolute Gasteiger partial charge is 0.418 e. The van der Waals surface area contributed by atoms with Crippen LogP contribution in [-0.4, -0.2) is 16.7 Å². The van der Waals surface area contributed by atoms with Crippen LogP contribution in [0, 0.1) is 0 Å². The average Bonchev–Trinajstić information content (AvgIpc) is 2.70. The lowest BCUT2D eigenvalue weighted by Crippen LogP contribution is -2.01. The Bertz CT molecular complexity index is 577. The van der Waals surface area contributed by atoms with Crippen molar-refractivity contribution >= 4 is 46.0 Å². The van der Waals surface area contributed by atoms with E-state index in [2.05, 4.69) is 4.98 Å². The quantitative estimate of drug-likeness (QED) is 0.631. The zero-order valence-electron chi connectivity index (χ0n) is 9.25. The average molecular weight is 287 g/mol. The second-order valence-corrected chi connectivity index (χ2v) is 7.36. The highest BCUT2D eigenvalue weighted by atomic mass is 32.1. The van der Waals surface area contributed by atoms with E-state index < -0.39 is 7.60 Å². The SMILES string of the molecule is COP(=O)(Oc1nc2ccccc2s1)C(C)=S. The molecule has 1 aromatic carbocycles. The molecule has 2 rings (SSSR count). The van der Waals surface area contributed by atoms with E-state index in [1.165, 1.54) is 25.4 Å². The number of nitrogens with zero attached hydrogens (tertiary/aromatic N) is 1. The highest BCUT2D eigenvalue weighted by Crippen LogP contribution is 2.50. The van der Waals surface area contributed by atoms with E-state index in [1.807, 2.05) is 24.3 Å². The summed E-state index contributed by atoms with van der Waals surface area (Å²) < 4.78 is 23.4. The van der Waals surface area contributed by atoms with Crippen molar-refractivity contribution in [3.05, 3.63) is 24.3 Å². The lowest BCUT2D eigenvalue weighted by atomic mass is 10.3. The van der Waals surface area contributed by atoms with E-state index in [1.54, 1.807) is 0 Å². The molecule has 7 heteroatoms. The van der Waals surface area contributed by atoms with Gasteiger partial charge in [0.15, 0.2) is 0 Å². The van der Waals surface area contributed by atoms with Gasteiger partial charge in [-0.1, -0.05) is 35.7 Å². The molecule has 0 aliphatic heterocycles. The lowest BCUT2D eigenvalue weighted by Gasteiger charge is -2.12. The summed E-state index contributed by atoms with van der Waals surface area (Å²) in [6.45, 7) is 1.53. The van der Waals surface area contributed by atoms with Crippen molar-refractivity contribution in [1.82, 2.24) is 4.98 Å². The Morgan fingerprint density at radius 1 is 1.47 bits per heavy atom. The predicted molar refractivity (Wildman–Crippen MR) is 73.1 cm³/mol. The van der Waals surface area contributed by atoms with Gasteiger partial charge < -0.3 is 4.52 Å². The van der Waals surface area contributed by atoms with Gasteiger partial charge in [0.2, 0.25) is 0 Å². The Balaban J connectivity index is 2.35. The van der Waals surface area contributed by atoms with E-state index in [4.69, 9.17) is 21.3 Å². The fraction of sp³-hybridized carbons (Fsp3) is 0.200. The Morgan fingerprint density at radius 3 is 2.76 bits per heavy atom. The summed E-state index contributed by atoms with van der Waals surface area (Å²) >= 11 is 6.18. The summed E-state index contributed by atoms with van der Waals surface area (Å²) in [4.78, 5) is 4.21. The number of hydrogen-bond acceptors (Lipinski definition) is 6. The Morgan fingerprint density at radius 2 is 2.18 bits per heavy atom. The summed E-state index contributed by atoms with van der Waals surface area (Å²) in [5.74, 6) is 0. The molecule has 0 fully saturated rings. The van der Waals surface area contributed by atoms with Crippen molar-refractivity contribution in [2.24, 2.45) is 0 Å². The number of para-hydroxylation sites is 1. The van der Waals surface area contributed by atoms with Crippen LogP contribution in [0.1, 0.15) is 6.92 Å². The van der Waals surface area contributed by atoms with E-state index in [-0.39, 0.29) is 4.61 Å². The molecule has 0 bridgehead atoms. The zero-order chi connectivity index (χ0) is 12.5. The van der Waals surface area contributed by atoms with Gasteiger partial charge in [-0.3, -0.25) is 4.52 Å². The predicted octanol–water partition coefficient (Wildman–Crippen LogP) is 3.86. The van der Waals surface area contributed by atoms with Crippen LogP contribution in [0.25, 0.3) is 10.2 Å².